The second-order valence-electron chi connectivity index (χ2n) is 6.85. The quantitative estimate of drug-likeness (QED) is 0.855. The molecule has 1 N–H and O–H groups in total. The minimum atomic E-state index is -0.448. The van der Waals surface area contributed by atoms with Gasteiger partial charge in [0.25, 0.3) is 5.91 Å². The van der Waals surface area contributed by atoms with Gasteiger partial charge in [-0.25, -0.2) is 4.39 Å². The maximum atomic E-state index is 13.4. The molecular weight excluding hydrogens is 323 g/mol. The second kappa shape index (κ2) is 9.15. The van der Waals surface area contributed by atoms with Crippen LogP contribution in [0.3, 0.4) is 0 Å². The van der Waals surface area contributed by atoms with Gasteiger partial charge in [-0.3, -0.25) is 4.79 Å². The van der Waals surface area contributed by atoms with Gasteiger partial charge in [-0.2, -0.15) is 0 Å². The van der Waals surface area contributed by atoms with Crippen molar-refractivity contribution >= 4 is 5.91 Å². The number of rotatable bonds is 6. The third kappa shape index (κ3) is 5.41. The van der Waals surface area contributed by atoms with Gasteiger partial charge in [0.15, 0.2) is 18.2 Å². The minimum Gasteiger partial charge on any atom is -0.481 e. The van der Waals surface area contributed by atoms with Crippen LogP contribution in [0.15, 0.2) is 24.3 Å². The highest BCUT2D eigenvalue weighted by atomic mass is 19.1. The normalized spacial score (nSPS) is 20.4. The van der Waals surface area contributed by atoms with Gasteiger partial charge in [-0.1, -0.05) is 12.1 Å². The molecule has 0 bridgehead atoms. The highest BCUT2D eigenvalue weighted by molar-refractivity contribution is 5.77. The summed E-state index contributed by atoms with van der Waals surface area (Å²) in [6.07, 6.45) is 4.47. The first-order valence-corrected chi connectivity index (χ1v) is 9.18. The van der Waals surface area contributed by atoms with Gasteiger partial charge >= 0.3 is 0 Å². The highest BCUT2D eigenvalue weighted by Gasteiger charge is 2.26. The molecule has 3 rings (SSSR count). The van der Waals surface area contributed by atoms with Crippen LogP contribution >= 0.6 is 0 Å². The molecule has 2 fully saturated rings. The maximum absolute atomic E-state index is 13.4. The Morgan fingerprint density at radius 1 is 1.20 bits per heavy atom. The molecule has 0 unspecified atom stereocenters. The summed E-state index contributed by atoms with van der Waals surface area (Å²) >= 11 is 0. The second-order valence-corrected chi connectivity index (χ2v) is 6.85. The average molecular weight is 350 g/mol. The number of carbonyl (C=O) groups excluding carboxylic acids is 1. The molecule has 0 aromatic heterocycles. The van der Waals surface area contributed by atoms with Crippen LogP contribution in [-0.2, 0) is 9.53 Å². The Balaban J connectivity index is 1.32. The molecule has 0 spiro atoms. The van der Waals surface area contributed by atoms with Crippen molar-refractivity contribution in [3.63, 3.8) is 0 Å². The lowest BCUT2D eigenvalue weighted by Gasteiger charge is -2.39. The van der Waals surface area contributed by atoms with Crippen molar-refractivity contribution in [3.8, 4) is 5.75 Å². The summed E-state index contributed by atoms with van der Waals surface area (Å²) in [5.74, 6) is -0.0261. The number of hydrogen-bond donors (Lipinski definition) is 1. The molecule has 1 amide bonds. The van der Waals surface area contributed by atoms with Crippen molar-refractivity contribution in [1.29, 1.82) is 0 Å². The number of ether oxygens (including phenoxy) is 2. The number of para-hydroxylation sites is 1. The minimum absolute atomic E-state index is 0.113. The van der Waals surface area contributed by atoms with Crippen LogP contribution in [-0.4, -0.2) is 56.3 Å². The maximum Gasteiger partial charge on any atom is 0.257 e. The summed E-state index contributed by atoms with van der Waals surface area (Å²) in [6.45, 7) is 4.46. The van der Waals surface area contributed by atoms with E-state index in [2.05, 4.69) is 10.2 Å². The topological polar surface area (TPSA) is 50.8 Å². The number of benzene rings is 1. The van der Waals surface area contributed by atoms with Crippen LogP contribution in [0.1, 0.15) is 25.7 Å². The molecule has 25 heavy (non-hydrogen) atoms. The van der Waals surface area contributed by atoms with Crippen molar-refractivity contribution in [2.45, 2.75) is 31.7 Å². The smallest absolute Gasteiger partial charge is 0.257 e. The van der Waals surface area contributed by atoms with Gasteiger partial charge in [-0.15, -0.1) is 0 Å². The monoisotopic (exact) mass is 350 g/mol. The van der Waals surface area contributed by atoms with Crippen LogP contribution in [0, 0.1) is 11.7 Å². The Morgan fingerprint density at radius 2 is 1.92 bits per heavy atom. The lowest BCUT2D eigenvalue weighted by Crippen LogP contribution is -2.46. The Kier molecular flexibility index (Phi) is 6.64. The Hall–Kier alpha value is -1.66. The zero-order valence-electron chi connectivity index (χ0n) is 14.6. The fourth-order valence-corrected chi connectivity index (χ4v) is 3.59. The molecule has 2 heterocycles. The summed E-state index contributed by atoms with van der Waals surface area (Å²) in [5, 5.41) is 2.91. The van der Waals surface area contributed by atoms with E-state index >= 15 is 0 Å². The zero-order chi connectivity index (χ0) is 17.5. The van der Waals surface area contributed by atoms with E-state index in [0.717, 1.165) is 52.0 Å². The van der Waals surface area contributed by atoms with Crippen molar-refractivity contribution in [2.24, 2.45) is 5.92 Å². The molecule has 0 aliphatic carbocycles. The van der Waals surface area contributed by atoms with Gasteiger partial charge in [-0.05, 0) is 56.8 Å². The molecule has 138 valence electrons. The third-order valence-corrected chi connectivity index (χ3v) is 5.14. The van der Waals surface area contributed by atoms with Crippen LogP contribution in [0.4, 0.5) is 4.39 Å². The fraction of sp³-hybridized carbons (Fsp3) is 0.632. The number of nitrogens with zero attached hydrogens (tertiary/aromatic N) is 1. The number of halogens is 1. The van der Waals surface area contributed by atoms with E-state index in [1.165, 1.54) is 12.1 Å². The zero-order valence-corrected chi connectivity index (χ0v) is 14.6. The Labute approximate surface area is 148 Å². The lowest BCUT2D eigenvalue weighted by atomic mass is 9.94. The number of piperidine rings is 1. The van der Waals surface area contributed by atoms with E-state index in [0.29, 0.717) is 18.5 Å². The van der Waals surface area contributed by atoms with Gasteiger partial charge in [0.2, 0.25) is 0 Å². The largest absolute Gasteiger partial charge is 0.481 e. The third-order valence-electron chi connectivity index (χ3n) is 5.14. The van der Waals surface area contributed by atoms with Gasteiger partial charge in [0.1, 0.15) is 0 Å². The van der Waals surface area contributed by atoms with Gasteiger partial charge < -0.3 is 19.7 Å². The first-order valence-electron chi connectivity index (χ1n) is 9.18. The van der Waals surface area contributed by atoms with Crippen LogP contribution in [0.2, 0.25) is 0 Å². The first kappa shape index (κ1) is 18.1. The first-order chi connectivity index (χ1) is 12.2. The fourth-order valence-electron chi connectivity index (χ4n) is 3.59. The van der Waals surface area contributed by atoms with Crippen LogP contribution < -0.4 is 10.1 Å². The van der Waals surface area contributed by atoms with E-state index in [-0.39, 0.29) is 18.3 Å². The molecule has 2 aliphatic rings. The molecule has 1 aromatic carbocycles. The molecule has 2 aliphatic heterocycles. The molecule has 5 nitrogen and oxygen atoms in total. The summed E-state index contributed by atoms with van der Waals surface area (Å²) in [6, 6.07) is 6.78. The number of nitrogens with one attached hydrogen (secondary N) is 1. The van der Waals surface area contributed by atoms with Crippen LogP contribution in [0.5, 0.6) is 5.75 Å². The average Bonchev–Trinajstić information content (AvgIpc) is 2.67. The molecular formula is C19H27FN2O3. The van der Waals surface area contributed by atoms with Gasteiger partial charge in [0, 0.05) is 25.8 Å². The molecule has 0 atom stereocenters. The molecule has 1 aromatic rings. The standard InChI is InChI=1S/C19H27FN2O3/c20-17-3-1-2-4-18(17)25-14-19(23)21-13-15-5-9-22(10-6-15)16-7-11-24-12-8-16/h1-4,15-16H,5-14H2,(H,21,23). The predicted molar refractivity (Wildman–Crippen MR) is 93.0 cm³/mol. The van der Waals surface area contributed by atoms with Crippen molar-refractivity contribution < 1.29 is 18.7 Å². The van der Waals surface area contributed by atoms with E-state index < -0.39 is 5.82 Å². The van der Waals surface area contributed by atoms with Crippen molar-refractivity contribution in [1.82, 2.24) is 10.2 Å². The van der Waals surface area contributed by atoms with Gasteiger partial charge in [0.05, 0.1) is 0 Å². The van der Waals surface area contributed by atoms with E-state index in [4.69, 9.17) is 9.47 Å². The van der Waals surface area contributed by atoms with E-state index in [1.54, 1.807) is 12.1 Å². The number of likely N-dealkylation sites (tertiary alicyclic amines) is 1. The summed E-state index contributed by atoms with van der Waals surface area (Å²) in [5.41, 5.74) is 0. The Morgan fingerprint density at radius 3 is 2.64 bits per heavy atom. The van der Waals surface area contributed by atoms with Crippen molar-refractivity contribution in [3.05, 3.63) is 30.1 Å². The number of carbonyl (C=O) groups is 1. The molecule has 0 saturated carbocycles. The number of hydrogen-bond acceptors (Lipinski definition) is 4. The summed E-state index contributed by atoms with van der Waals surface area (Å²) in [4.78, 5) is 14.5. The van der Waals surface area contributed by atoms with Crippen LogP contribution in [0.25, 0.3) is 0 Å². The lowest BCUT2D eigenvalue weighted by molar-refractivity contribution is -0.123. The number of amides is 1. The molecule has 2 saturated heterocycles. The SMILES string of the molecule is O=C(COc1ccccc1F)NCC1CCN(C2CCOCC2)CC1. The van der Waals surface area contributed by atoms with E-state index in [9.17, 15) is 9.18 Å². The predicted octanol–water partition coefficient (Wildman–Crippen LogP) is 2.21. The summed E-state index contributed by atoms with van der Waals surface area (Å²) < 4.78 is 24.1. The Bertz CT molecular complexity index is 555. The molecule has 6 heteroatoms. The highest BCUT2D eigenvalue weighted by Crippen LogP contribution is 2.22. The molecule has 0 radical (unpaired) electrons. The van der Waals surface area contributed by atoms with Crippen molar-refractivity contribution in [2.75, 3.05) is 39.5 Å². The van der Waals surface area contributed by atoms with E-state index in [1.807, 2.05) is 0 Å². The summed E-state index contributed by atoms with van der Waals surface area (Å²) in [7, 11) is 0.